The van der Waals surface area contributed by atoms with E-state index in [-0.39, 0.29) is 11.8 Å². The molecule has 0 fully saturated rings. The van der Waals surface area contributed by atoms with Crippen molar-refractivity contribution in [1.82, 2.24) is 25.2 Å². The number of aromatic nitrogens is 3. The number of likely N-dealkylation sites (N-methyl/N-ethyl adjacent to an activating group) is 1. The van der Waals surface area contributed by atoms with E-state index in [1.54, 1.807) is 50.9 Å². The summed E-state index contributed by atoms with van der Waals surface area (Å²) in [6.45, 7) is 0. The second-order valence-corrected chi connectivity index (χ2v) is 6.49. The fraction of sp³-hybridized carbons (Fsp3) is 0.222. The number of carbonyl (C=O) groups is 2. The van der Waals surface area contributed by atoms with Gasteiger partial charge in [-0.05, 0) is 23.8 Å². The van der Waals surface area contributed by atoms with Gasteiger partial charge in [0.15, 0.2) is 0 Å². The highest BCUT2D eigenvalue weighted by molar-refractivity contribution is 6.30. The molecular formula is C18H18ClN5O2. The molecule has 3 aromatic heterocycles. The molecule has 26 heavy (non-hydrogen) atoms. The van der Waals surface area contributed by atoms with E-state index in [2.05, 4.69) is 20.3 Å². The van der Waals surface area contributed by atoms with Crippen LogP contribution in [-0.2, 0) is 11.2 Å². The zero-order chi connectivity index (χ0) is 18.7. The minimum absolute atomic E-state index is 0.192. The fourth-order valence-electron chi connectivity index (χ4n) is 2.63. The Morgan fingerprint density at radius 2 is 2.12 bits per heavy atom. The third-order valence-corrected chi connectivity index (χ3v) is 4.13. The molecule has 0 unspecified atom stereocenters. The van der Waals surface area contributed by atoms with Gasteiger partial charge in [-0.2, -0.15) is 0 Å². The number of nitrogens with zero attached hydrogens (tertiary/aromatic N) is 3. The molecule has 3 heterocycles. The minimum atomic E-state index is -0.699. The maximum Gasteiger partial charge on any atom is 0.268 e. The van der Waals surface area contributed by atoms with Gasteiger partial charge >= 0.3 is 0 Å². The molecule has 0 radical (unpaired) electrons. The van der Waals surface area contributed by atoms with Gasteiger partial charge in [0.25, 0.3) is 5.91 Å². The molecule has 2 amide bonds. The summed E-state index contributed by atoms with van der Waals surface area (Å²) in [6.07, 6.45) is 5.25. The summed E-state index contributed by atoms with van der Waals surface area (Å²) in [7, 11) is 3.31. The van der Waals surface area contributed by atoms with Gasteiger partial charge in [0.05, 0.1) is 11.7 Å². The number of fused-ring (bicyclic) bond motifs is 1. The molecule has 3 aromatic rings. The standard InChI is InChI=1S/C18H18ClN5O2/c1-24(2)18(26)14(6-11-4-3-5-20-9-11)23-17(25)13-7-12-8-16(19)21-10-15(12)22-13/h3-5,7-10,14,22H,6H2,1-2H3,(H,23,25)/t14-/m0/s1. The number of H-pyrrole nitrogens is 1. The third-order valence-electron chi connectivity index (χ3n) is 3.92. The van der Waals surface area contributed by atoms with Crippen LogP contribution >= 0.6 is 11.6 Å². The Morgan fingerprint density at radius 1 is 1.31 bits per heavy atom. The van der Waals surface area contributed by atoms with Crippen molar-refractivity contribution >= 4 is 34.3 Å². The molecule has 134 valence electrons. The van der Waals surface area contributed by atoms with Crippen LogP contribution in [0.15, 0.2) is 42.9 Å². The number of hydrogen-bond acceptors (Lipinski definition) is 4. The Balaban J connectivity index is 1.82. The van der Waals surface area contributed by atoms with E-state index in [0.717, 1.165) is 10.9 Å². The van der Waals surface area contributed by atoms with Crippen LogP contribution in [-0.4, -0.2) is 51.8 Å². The number of halogens is 1. The summed E-state index contributed by atoms with van der Waals surface area (Å²) < 4.78 is 0. The lowest BCUT2D eigenvalue weighted by atomic mass is 10.1. The predicted molar refractivity (Wildman–Crippen MR) is 99.0 cm³/mol. The Labute approximate surface area is 155 Å². The first kappa shape index (κ1) is 17.9. The Bertz CT molecular complexity index is 939. The van der Waals surface area contributed by atoms with E-state index in [1.807, 2.05) is 6.07 Å². The molecule has 0 aliphatic heterocycles. The van der Waals surface area contributed by atoms with Crippen LogP contribution < -0.4 is 5.32 Å². The van der Waals surface area contributed by atoms with Gasteiger partial charge in [-0.3, -0.25) is 14.6 Å². The summed E-state index contributed by atoms with van der Waals surface area (Å²) >= 11 is 5.88. The lowest BCUT2D eigenvalue weighted by Gasteiger charge is -2.21. The maximum atomic E-state index is 12.6. The van der Waals surface area contributed by atoms with Crippen molar-refractivity contribution in [3.05, 3.63) is 59.3 Å². The zero-order valence-electron chi connectivity index (χ0n) is 14.4. The van der Waals surface area contributed by atoms with Crippen LogP contribution in [0.25, 0.3) is 10.9 Å². The molecule has 0 saturated heterocycles. The monoisotopic (exact) mass is 371 g/mol. The van der Waals surface area contributed by atoms with Crippen molar-refractivity contribution in [1.29, 1.82) is 0 Å². The first-order chi connectivity index (χ1) is 12.4. The average molecular weight is 372 g/mol. The molecule has 7 nitrogen and oxygen atoms in total. The van der Waals surface area contributed by atoms with E-state index < -0.39 is 6.04 Å². The number of rotatable bonds is 5. The van der Waals surface area contributed by atoms with Crippen LogP contribution in [0.3, 0.4) is 0 Å². The van der Waals surface area contributed by atoms with Gasteiger partial charge in [0, 0.05) is 38.3 Å². The highest BCUT2D eigenvalue weighted by Crippen LogP contribution is 2.18. The van der Waals surface area contributed by atoms with Crippen molar-refractivity contribution in [2.45, 2.75) is 12.5 Å². The van der Waals surface area contributed by atoms with Crippen molar-refractivity contribution in [3.8, 4) is 0 Å². The second-order valence-electron chi connectivity index (χ2n) is 6.10. The average Bonchev–Trinajstić information content (AvgIpc) is 3.04. The first-order valence-electron chi connectivity index (χ1n) is 7.99. The normalized spacial score (nSPS) is 12.0. The lowest BCUT2D eigenvalue weighted by Crippen LogP contribution is -2.47. The van der Waals surface area contributed by atoms with E-state index in [1.165, 1.54) is 4.90 Å². The van der Waals surface area contributed by atoms with E-state index >= 15 is 0 Å². The van der Waals surface area contributed by atoms with Crippen molar-refractivity contribution in [3.63, 3.8) is 0 Å². The summed E-state index contributed by atoms with van der Waals surface area (Å²) in [5.74, 6) is -0.565. The summed E-state index contributed by atoms with van der Waals surface area (Å²) in [6, 6.07) is 6.31. The van der Waals surface area contributed by atoms with Crippen LogP contribution in [0.5, 0.6) is 0 Å². The maximum absolute atomic E-state index is 12.6. The van der Waals surface area contributed by atoms with Gasteiger partial charge in [-0.1, -0.05) is 17.7 Å². The van der Waals surface area contributed by atoms with Gasteiger partial charge in [-0.15, -0.1) is 0 Å². The molecule has 0 bridgehead atoms. The van der Waals surface area contributed by atoms with Crippen LogP contribution in [0.2, 0.25) is 5.15 Å². The topological polar surface area (TPSA) is 91.0 Å². The molecule has 1 atom stereocenters. The SMILES string of the molecule is CN(C)C(=O)[C@H](Cc1cccnc1)NC(=O)c1cc2cc(Cl)ncc2[nH]1. The van der Waals surface area contributed by atoms with Gasteiger partial charge < -0.3 is 15.2 Å². The number of nitrogens with one attached hydrogen (secondary N) is 2. The second kappa shape index (κ2) is 7.53. The van der Waals surface area contributed by atoms with Crippen LogP contribution in [0.4, 0.5) is 0 Å². The van der Waals surface area contributed by atoms with Gasteiger partial charge in [-0.25, -0.2) is 4.98 Å². The predicted octanol–water partition coefficient (Wildman–Crippen LogP) is 2.04. The smallest absolute Gasteiger partial charge is 0.268 e. The molecule has 3 rings (SSSR count). The van der Waals surface area contributed by atoms with Crippen molar-refractivity contribution in [2.75, 3.05) is 14.1 Å². The van der Waals surface area contributed by atoms with Gasteiger partial charge in [0.1, 0.15) is 16.9 Å². The van der Waals surface area contributed by atoms with E-state index in [4.69, 9.17) is 11.6 Å². The minimum Gasteiger partial charge on any atom is -0.349 e. The molecule has 0 aromatic carbocycles. The number of amides is 2. The van der Waals surface area contributed by atoms with Crippen molar-refractivity contribution in [2.24, 2.45) is 0 Å². The third kappa shape index (κ3) is 4.00. The highest BCUT2D eigenvalue weighted by atomic mass is 35.5. The summed E-state index contributed by atoms with van der Waals surface area (Å²) in [4.78, 5) is 37.6. The number of hydrogen-bond donors (Lipinski definition) is 2. The zero-order valence-corrected chi connectivity index (χ0v) is 15.1. The van der Waals surface area contributed by atoms with Crippen LogP contribution in [0.1, 0.15) is 16.1 Å². The molecule has 0 spiro atoms. The lowest BCUT2D eigenvalue weighted by molar-refractivity contribution is -0.130. The Hall–Kier alpha value is -2.93. The molecule has 2 N–H and O–H groups in total. The Morgan fingerprint density at radius 3 is 2.81 bits per heavy atom. The summed E-state index contributed by atoms with van der Waals surface area (Å²) in [5, 5.41) is 3.92. The molecular weight excluding hydrogens is 354 g/mol. The van der Waals surface area contributed by atoms with Gasteiger partial charge in [0.2, 0.25) is 5.91 Å². The number of aromatic amines is 1. The van der Waals surface area contributed by atoms with E-state index in [0.29, 0.717) is 22.8 Å². The number of carbonyl (C=O) groups excluding carboxylic acids is 2. The fourth-order valence-corrected chi connectivity index (χ4v) is 2.80. The van der Waals surface area contributed by atoms with Crippen LogP contribution in [0, 0.1) is 0 Å². The van der Waals surface area contributed by atoms with E-state index in [9.17, 15) is 9.59 Å². The molecule has 0 aliphatic rings. The first-order valence-corrected chi connectivity index (χ1v) is 8.37. The number of pyridine rings is 2. The molecule has 0 aliphatic carbocycles. The largest absolute Gasteiger partial charge is 0.349 e. The van der Waals surface area contributed by atoms with Crippen molar-refractivity contribution < 1.29 is 9.59 Å². The quantitative estimate of drug-likeness (QED) is 0.671. The molecule has 8 heteroatoms. The highest BCUT2D eigenvalue weighted by Gasteiger charge is 2.24. The summed E-state index contributed by atoms with van der Waals surface area (Å²) in [5.41, 5.74) is 1.90. The Kier molecular flexibility index (Phi) is 5.18. The molecule has 0 saturated carbocycles.